The van der Waals surface area contributed by atoms with Crippen LogP contribution < -0.4 is 0 Å². The molecule has 0 aromatic rings. The fraction of sp³-hybridized carbons (Fsp3) is 1.00. The molecule has 1 aliphatic rings. The third-order valence-electron chi connectivity index (χ3n) is 2.86. The molecule has 1 fully saturated rings. The van der Waals surface area contributed by atoms with E-state index in [2.05, 4.69) is 18.7 Å². The predicted octanol–water partition coefficient (Wildman–Crippen LogP) is 2.59. The summed E-state index contributed by atoms with van der Waals surface area (Å²) >= 11 is 5.65. The summed E-state index contributed by atoms with van der Waals surface area (Å²) in [6.45, 7) is 8.45. The van der Waals surface area contributed by atoms with Crippen molar-refractivity contribution in [2.24, 2.45) is 11.8 Å². The van der Waals surface area contributed by atoms with E-state index in [0.29, 0.717) is 0 Å². The summed E-state index contributed by atoms with van der Waals surface area (Å²) in [5.74, 6) is 2.59. The van der Waals surface area contributed by atoms with Gasteiger partial charge in [0.1, 0.15) is 0 Å². The van der Waals surface area contributed by atoms with E-state index in [0.717, 1.165) is 24.1 Å². The number of hydrogen-bond acceptors (Lipinski definition) is 1. The lowest BCUT2D eigenvalue weighted by atomic mass is 9.95. The Labute approximate surface area is 81.1 Å². The van der Waals surface area contributed by atoms with E-state index < -0.39 is 0 Å². The Hall–Kier alpha value is 0.250. The van der Waals surface area contributed by atoms with Crippen molar-refractivity contribution in [1.29, 1.82) is 0 Å². The molecular weight excluding hydrogens is 170 g/mol. The van der Waals surface area contributed by atoms with Crippen LogP contribution in [0.25, 0.3) is 0 Å². The fourth-order valence-electron chi connectivity index (χ4n) is 1.89. The van der Waals surface area contributed by atoms with Gasteiger partial charge in [-0.1, -0.05) is 13.8 Å². The van der Waals surface area contributed by atoms with Gasteiger partial charge in [-0.25, -0.2) is 0 Å². The zero-order valence-electron chi connectivity index (χ0n) is 8.22. The highest BCUT2D eigenvalue weighted by molar-refractivity contribution is 6.17. The van der Waals surface area contributed by atoms with Gasteiger partial charge < -0.3 is 4.90 Å². The first-order chi connectivity index (χ1) is 5.74. The van der Waals surface area contributed by atoms with Crippen molar-refractivity contribution in [1.82, 2.24) is 4.90 Å². The van der Waals surface area contributed by atoms with E-state index in [-0.39, 0.29) is 0 Å². The molecule has 0 aliphatic carbocycles. The zero-order chi connectivity index (χ0) is 8.97. The highest BCUT2D eigenvalue weighted by Crippen LogP contribution is 2.23. The number of alkyl halides is 1. The number of rotatable bonds is 4. The van der Waals surface area contributed by atoms with Crippen LogP contribution in [0, 0.1) is 11.8 Å². The number of hydrogen-bond donors (Lipinski definition) is 0. The quantitative estimate of drug-likeness (QED) is 0.615. The molecule has 0 spiro atoms. The second-order valence-corrected chi connectivity index (χ2v) is 4.51. The summed E-state index contributed by atoms with van der Waals surface area (Å²) < 4.78 is 0. The second-order valence-electron chi connectivity index (χ2n) is 4.14. The lowest BCUT2D eigenvalue weighted by molar-refractivity contribution is 0.304. The second kappa shape index (κ2) is 5.08. The average Bonchev–Trinajstić information content (AvgIpc) is 2.48. The first-order valence-corrected chi connectivity index (χ1v) is 5.55. The van der Waals surface area contributed by atoms with Crippen LogP contribution in [0.5, 0.6) is 0 Å². The monoisotopic (exact) mass is 189 g/mol. The molecule has 0 N–H and O–H groups in total. The maximum atomic E-state index is 5.65. The number of halogens is 1. The van der Waals surface area contributed by atoms with Crippen LogP contribution in [0.3, 0.4) is 0 Å². The largest absolute Gasteiger partial charge is 0.303 e. The lowest BCUT2D eigenvalue weighted by Gasteiger charge is -2.16. The van der Waals surface area contributed by atoms with E-state index in [1.807, 2.05) is 0 Å². The van der Waals surface area contributed by atoms with Crippen LogP contribution in [0.15, 0.2) is 0 Å². The van der Waals surface area contributed by atoms with Crippen LogP contribution >= 0.6 is 11.6 Å². The zero-order valence-corrected chi connectivity index (χ0v) is 8.98. The Balaban J connectivity index is 2.17. The van der Waals surface area contributed by atoms with Crippen molar-refractivity contribution in [3.8, 4) is 0 Å². The van der Waals surface area contributed by atoms with Gasteiger partial charge in [-0.15, -0.1) is 11.6 Å². The summed E-state index contributed by atoms with van der Waals surface area (Å²) in [4.78, 5) is 2.55. The third kappa shape index (κ3) is 2.95. The molecule has 1 atom stereocenters. The molecule has 0 radical (unpaired) electrons. The van der Waals surface area contributed by atoms with Crippen LogP contribution in [-0.4, -0.2) is 30.4 Å². The molecule has 1 nitrogen and oxygen atoms in total. The van der Waals surface area contributed by atoms with Crippen LogP contribution in [0.4, 0.5) is 0 Å². The summed E-state index contributed by atoms with van der Waals surface area (Å²) in [6.07, 6.45) is 2.53. The van der Waals surface area contributed by atoms with Gasteiger partial charge in [0, 0.05) is 12.4 Å². The maximum Gasteiger partial charge on any atom is 0.0235 e. The third-order valence-corrected chi connectivity index (χ3v) is 3.13. The lowest BCUT2D eigenvalue weighted by Crippen LogP contribution is -2.23. The smallest absolute Gasteiger partial charge is 0.0235 e. The van der Waals surface area contributed by atoms with Crippen molar-refractivity contribution in [3.63, 3.8) is 0 Å². The topological polar surface area (TPSA) is 3.24 Å². The standard InChI is InChI=1S/C10H20ClN/c1-9(2)10-4-7-12(8-10)6-3-5-11/h9-10H,3-8H2,1-2H3. The number of nitrogens with zero attached hydrogens (tertiary/aromatic N) is 1. The molecule has 1 aliphatic heterocycles. The minimum atomic E-state index is 0.808. The predicted molar refractivity (Wildman–Crippen MR) is 54.7 cm³/mol. The minimum absolute atomic E-state index is 0.808. The van der Waals surface area contributed by atoms with Crippen molar-refractivity contribution in [2.75, 3.05) is 25.5 Å². The molecule has 1 rings (SSSR count). The SMILES string of the molecule is CC(C)C1CCN(CCCCl)C1. The molecule has 0 bridgehead atoms. The Kier molecular flexibility index (Phi) is 4.38. The molecule has 1 saturated heterocycles. The van der Waals surface area contributed by atoms with Gasteiger partial charge in [0.25, 0.3) is 0 Å². The van der Waals surface area contributed by atoms with E-state index in [1.54, 1.807) is 0 Å². The molecule has 0 aromatic carbocycles. The maximum absolute atomic E-state index is 5.65. The Morgan fingerprint density at radius 1 is 1.50 bits per heavy atom. The minimum Gasteiger partial charge on any atom is -0.303 e. The van der Waals surface area contributed by atoms with Gasteiger partial charge in [-0.2, -0.15) is 0 Å². The fourth-order valence-corrected chi connectivity index (χ4v) is 2.01. The van der Waals surface area contributed by atoms with Gasteiger partial charge in [0.2, 0.25) is 0 Å². The first-order valence-electron chi connectivity index (χ1n) is 5.02. The normalized spacial score (nSPS) is 25.5. The average molecular weight is 190 g/mol. The summed E-state index contributed by atoms with van der Waals surface area (Å²) in [5.41, 5.74) is 0. The van der Waals surface area contributed by atoms with E-state index in [4.69, 9.17) is 11.6 Å². The van der Waals surface area contributed by atoms with Crippen molar-refractivity contribution in [2.45, 2.75) is 26.7 Å². The molecule has 2 heteroatoms. The van der Waals surface area contributed by atoms with Crippen molar-refractivity contribution < 1.29 is 0 Å². The van der Waals surface area contributed by atoms with Crippen molar-refractivity contribution >= 4 is 11.6 Å². The van der Waals surface area contributed by atoms with E-state index in [9.17, 15) is 0 Å². The number of likely N-dealkylation sites (tertiary alicyclic amines) is 1. The molecule has 1 unspecified atom stereocenters. The molecule has 0 aromatic heterocycles. The van der Waals surface area contributed by atoms with Gasteiger partial charge >= 0.3 is 0 Å². The van der Waals surface area contributed by atoms with Gasteiger partial charge in [0.15, 0.2) is 0 Å². The van der Waals surface area contributed by atoms with E-state index >= 15 is 0 Å². The highest BCUT2D eigenvalue weighted by Gasteiger charge is 2.23. The summed E-state index contributed by atoms with van der Waals surface area (Å²) in [6, 6.07) is 0. The van der Waals surface area contributed by atoms with Crippen LogP contribution in [0.2, 0.25) is 0 Å². The van der Waals surface area contributed by atoms with Gasteiger partial charge in [-0.05, 0) is 37.8 Å². The van der Waals surface area contributed by atoms with Gasteiger partial charge in [-0.3, -0.25) is 0 Å². The Morgan fingerprint density at radius 2 is 2.25 bits per heavy atom. The first kappa shape index (κ1) is 10.3. The van der Waals surface area contributed by atoms with Gasteiger partial charge in [0.05, 0.1) is 0 Å². The summed E-state index contributed by atoms with van der Waals surface area (Å²) in [5, 5.41) is 0. The Bertz CT molecular complexity index is 125. The highest BCUT2D eigenvalue weighted by atomic mass is 35.5. The van der Waals surface area contributed by atoms with E-state index in [1.165, 1.54) is 26.1 Å². The Morgan fingerprint density at radius 3 is 2.75 bits per heavy atom. The molecule has 0 saturated carbocycles. The van der Waals surface area contributed by atoms with Crippen LogP contribution in [0.1, 0.15) is 26.7 Å². The molecule has 12 heavy (non-hydrogen) atoms. The molecule has 1 heterocycles. The molecule has 72 valence electrons. The van der Waals surface area contributed by atoms with Crippen LogP contribution in [-0.2, 0) is 0 Å². The molecule has 0 amide bonds. The summed E-state index contributed by atoms with van der Waals surface area (Å²) in [7, 11) is 0. The van der Waals surface area contributed by atoms with Crippen molar-refractivity contribution in [3.05, 3.63) is 0 Å². The molecular formula is C10H20ClN.